The molecule has 0 spiro atoms. The number of aryl methyl sites for hydroxylation is 1. The lowest BCUT2D eigenvalue weighted by Gasteiger charge is -1.96. The molecule has 0 heterocycles. The molecule has 0 unspecified atom stereocenters. The van der Waals surface area contributed by atoms with Gasteiger partial charge < -0.3 is 0 Å². The minimum Gasteiger partial charge on any atom is -0.222 e. The fourth-order valence-corrected chi connectivity index (χ4v) is 1.03. The van der Waals surface area contributed by atoms with Crippen LogP contribution >= 0.6 is 0 Å². The van der Waals surface area contributed by atoms with Gasteiger partial charge in [-0.15, -0.1) is 0 Å². The van der Waals surface area contributed by atoms with Gasteiger partial charge in [-0.3, -0.25) is 0 Å². The van der Waals surface area contributed by atoms with Crippen LogP contribution in [0.25, 0.3) is 0 Å². The molecule has 0 saturated carbocycles. The van der Waals surface area contributed by atoms with Crippen molar-refractivity contribution < 1.29 is 4.79 Å². The zero-order valence-corrected chi connectivity index (χ0v) is 7.92. The van der Waals surface area contributed by atoms with Crippen LogP contribution in [0.4, 0.5) is 0 Å². The van der Waals surface area contributed by atoms with E-state index in [9.17, 15) is 0 Å². The van der Waals surface area contributed by atoms with E-state index < -0.39 is 0 Å². The monoisotopic (exact) mass is 177 g/mol. The number of hydrogen-bond acceptors (Lipinski definition) is 2. The van der Waals surface area contributed by atoms with E-state index in [1.807, 2.05) is 0 Å². The topological polar surface area (TPSA) is 40.9 Å². The molecule has 70 valence electrons. The Bertz CT molecular complexity index is 238. The molecule has 1 N–H and O–H groups in total. The first-order chi connectivity index (χ1) is 6.35. The van der Waals surface area contributed by atoms with Crippen molar-refractivity contribution in [3.8, 4) is 0 Å². The summed E-state index contributed by atoms with van der Waals surface area (Å²) in [5.74, 6) is 0. The summed E-state index contributed by atoms with van der Waals surface area (Å²) in [5, 5.41) is 5.40. The molecule has 0 aliphatic rings. The first-order valence-electron chi connectivity index (χ1n) is 4.43. The molecule has 2 heteroatoms. The molecule has 13 heavy (non-hydrogen) atoms. The Morgan fingerprint density at radius 2 is 1.85 bits per heavy atom. The highest BCUT2D eigenvalue weighted by molar-refractivity contribution is 5.26. The van der Waals surface area contributed by atoms with Gasteiger partial charge in [-0.2, -0.15) is 0 Å². The molecule has 1 aromatic carbocycles. The SMILES string of the molecule is CCCCc1ccccc1.N=C=O. The maximum Gasteiger partial charge on any atom is 0.231 e. The van der Waals surface area contributed by atoms with Crippen LogP contribution < -0.4 is 0 Å². The standard InChI is InChI=1S/C10H14.CHNO/c1-2-3-7-10-8-5-4-6-9-10;2-1-3/h4-6,8-9H,2-3,7H2,1H3;2H. The zero-order valence-electron chi connectivity index (χ0n) is 7.92. The maximum absolute atomic E-state index is 8.35. The van der Waals surface area contributed by atoms with Gasteiger partial charge in [-0.1, -0.05) is 43.7 Å². The molecule has 1 rings (SSSR count). The van der Waals surface area contributed by atoms with Gasteiger partial charge in [0.25, 0.3) is 0 Å². The number of unbranched alkanes of at least 4 members (excludes halogenated alkanes) is 1. The minimum atomic E-state index is 0.750. The minimum absolute atomic E-state index is 0.750. The Kier molecular flexibility index (Phi) is 7.76. The summed E-state index contributed by atoms with van der Waals surface area (Å²) < 4.78 is 0. The second kappa shape index (κ2) is 8.69. The lowest BCUT2D eigenvalue weighted by molar-refractivity contribution is 0.563. The predicted molar refractivity (Wildman–Crippen MR) is 53.5 cm³/mol. The molecular weight excluding hydrogens is 162 g/mol. The first-order valence-corrected chi connectivity index (χ1v) is 4.43. The highest BCUT2D eigenvalue weighted by Crippen LogP contribution is 2.03. The molecule has 0 saturated heterocycles. The summed E-state index contributed by atoms with van der Waals surface area (Å²) >= 11 is 0. The molecular formula is C11H15NO. The Hall–Kier alpha value is -1.40. The van der Waals surface area contributed by atoms with Crippen LogP contribution in [0.2, 0.25) is 0 Å². The Morgan fingerprint density at radius 1 is 1.31 bits per heavy atom. The summed E-state index contributed by atoms with van der Waals surface area (Å²) in [6.07, 6.45) is 4.58. The molecule has 0 bridgehead atoms. The first kappa shape index (κ1) is 11.6. The fraction of sp³-hybridized carbons (Fsp3) is 0.364. The maximum atomic E-state index is 8.35. The molecule has 1 aromatic rings. The van der Waals surface area contributed by atoms with Gasteiger partial charge in [0.1, 0.15) is 0 Å². The van der Waals surface area contributed by atoms with Crippen molar-refractivity contribution in [3.63, 3.8) is 0 Å². The predicted octanol–water partition coefficient (Wildman–Crippen LogP) is 2.93. The molecule has 0 radical (unpaired) electrons. The van der Waals surface area contributed by atoms with Crippen LogP contribution in [0.5, 0.6) is 0 Å². The van der Waals surface area contributed by atoms with Gasteiger partial charge in [-0.25, -0.2) is 10.2 Å². The third-order valence-electron chi connectivity index (χ3n) is 1.66. The average Bonchev–Trinajstić information content (AvgIpc) is 2.18. The van der Waals surface area contributed by atoms with E-state index in [1.165, 1.54) is 24.8 Å². The number of carbonyl (C=O) groups excluding carboxylic acids is 1. The molecule has 0 aliphatic heterocycles. The van der Waals surface area contributed by atoms with Gasteiger partial charge in [0.05, 0.1) is 0 Å². The second-order valence-corrected chi connectivity index (χ2v) is 2.69. The number of rotatable bonds is 3. The van der Waals surface area contributed by atoms with Crippen molar-refractivity contribution in [1.29, 1.82) is 5.41 Å². The quantitative estimate of drug-likeness (QED) is 0.559. The van der Waals surface area contributed by atoms with E-state index in [-0.39, 0.29) is 0 Å². The van der Waals surface area contributed by atoms with Gasteiger partial charge >= 0.3 is 0 Å². The van der Waals surface area contributed by atoms with Gasteiger partial charge in [-0.05, 0) is 18.4 Å². The van der Waals surface area contributed by atoms with Crippen molar-refractivity contribution in [3.05, 3.63) is 35.9 Å². The summed E-state index contributed by atoms with van der Waals surface area (Å²) in [4.78, 5) is 8.35. The van der Waals surface area contributed by atoms with Crippen LogP contribution in [0.3, 0.4) is 0 Å². The Balaban J connectivity index is 0.000000424. The summed E-state index contributed by atoms with van der Waals surface area (Å²) in [5.41, 5.74) is 1.46. The van der Waals surface area contributed by atoms with Crippen molar-refractivity contribution in [1.82, 2.24) is 0 Å². The van der Waals surface area contributed by atoms with E-state index in [4.69, 9.17) is 10.2 Å². The smallest absolute Gasteiger partial charge is 0.222 e. The molecule has 0 atom stereocenters. The molecule has 0 aliphatic carbocycles. The highest BCUT2D eigenvalue weighted by atomic mass is 16.1. The van der Waals surface area contributed by atoms with E-state index in [2.05, 4.69) is 37.3 Å². The third kappa shape index (κ3) is 6.98. The summed E-state index contributed by atoms with van der Waals surface area (Å²) in [6.45, 7) is 2.23. The van der Waals surface area contributed by atoms with Crippen molar-refractivity contribution >= 4 is 6.08 Å². The number of benzene rings is 1. The molecule has 0 aromatic heterocycles. The molecule has 0 amide bonds. The lowest BCUT2D eigenvalue weighted by Crippen LogP contribution is -1.81. The summed E-state index contributed by atoms with van der Waals surface area (Å²) in [7, 11) is 0. The molecule has 0 fully saturated rings. The number of hydrogen-bond donors (Lipinski definition) is 1. The van der Waals surface area contributed by atoms with Gasteiger partial charge in [0.2, 0.25) is 6.08 Å². The van der Waals surface area contributed by atoms with E-state index >= 15 is 0 Å². The van der Waals surface area contributed by atoms with Crippen molar-refractivity contribution in [2.24, 2.45) is 0 Å². The Labute approximate surface area is 79.1 Å². The second-order valence-electron chi connectivity index (χ2n) is 2.69. The largest absolute Gasteiger partial charge is 0.231 e. The van der Waals surface area contributed by atoms with Gasteiger partial charge in [0.15, 0.2) is 0 Å². The summed E-state index contributed by atoms with van der Waals surface area (Å²) in [6, 6.07) is 10.6. The van der Waals surface area contributed by atoms with Crippen LogP contribution in [0.15, 0.2) is 30.3 Å². The number of nitrogens with one attached hydrogen (secondary N) is 1. The van der Waals surface area contributed by atoms with E-state index in [1.54, 1.807) is 0 Å². The fourth-order valence-electron chi connectivity index (χ4n) is 1.03. The van der Waals surface area contributed by atoms with Crippen LogP contribution in [-0.2, 0) is 11.2 Å². The van der Waals surface area contributed by atoms with Crippen LogP contribution in [-0.4, -0.2) is 6.08 Å². The Morgan fingerprint density at radius 3 is 2.31 bits per heavy atom. The molecule has 2 nitrogen and oxygen atoms in total. The van der Waals surface area contributed by atoms with E-state index in [0.29, 0.717) is 0 Å². The van der Waals surface area contributed by atoms with Crippen molar-refractivity contribution in [2.45, 2.75) is 26.2 Å². The highest BCUT2D eigenvalue weighted by Gasteiger charge is 1.87. The van der Waals surface area contributed by atoms with E-state index in [0.717, 1.165) is 6.08 Å². The van der Waals surface area contributed by atoms with Crippen LogP contribution in [0.1, 0.15) is 25.3 Å². The number of isocyanates is 1. The third-order valence-corrected chi connectivity index (χ3v) is 1.66. The average molecular weight is 177 g/mol. The van der Waals surface area contributed by atoms with Gasteiger partial charge in [0, 0.05) is 0 Å². The lowest BCUT2D eigenvalue weighted by atomic mass is 10.1. The van der Waals surface area contributed by atoms with Crippen LogP contribution in [0, 0.1) is 5.41 Å². The normalized spacial score (nSPS) is 8.08. The van der Waals surface area contributed by atoms with Crippen molar-refractivity contribution in [2.75, 3.05) is 0 Å². The zero-order chi connectivity index (χ0) is 9.94.